The van der Waals surface area contributed by atoms with E-state index in [0.717, 1.165) is 19.4 Å². The Hall–Kier alpha value is -1.23. The van der Waals surface area contributed by atoms with Gasteiger partial charge in [0.05, 0.1) is 6.54 Å². The van der Waals surface area contributed by atoms with Crippen LogP contribution in [0, 0.1) is 19.3 Å². The van der Waals surface area contributed by atoms with E-state index >= 15 is 0 Å². The Morgan fingerprint density at radius 3 is 3.09 bits per heavy atom. The summed E-state index contributed by atoms with van der Waals surface area (Å²) in [6.45, 7) is 3.09. The predicted octanol–water partition coefficient (Wildman–Crippen LogP) is 1.02. The molecule has 0 unspecified atom stereocenters. The molecular weight excluding hydrogens is 136 g/mol. The molecule has 11 heavy (non-hydrogen) atoms. The monoisotopic (exact) mass is 149 g/mol. The number of aromatic amines is 1. The van der Waals surface area contributed by atoms with Gasteiger partial charge in [-0.3, -0.25) is 0 Å². The van der Waals surface area contributed by atoms with Crippen LogP contribution in [-0.2, 0) is 6.54 Å². The lowest BCUT2D eigenvalue weighted by atomic mass is 10.3. The van der Waals surface area contributed by atoms with E-state index < -0.39 is 0 Å². The van der Waals surface area contributed by atoms with Gasteiger partial charge in [0.2, 0.25) is 6.33 Å². The van der Waals surface area contributed by atoms with Gasteiger partial charge < -0.3 is 0 Å². The minimum absolute atomic E-state index is 0.859. The van der Waals surface area contributed by atoms with E-state index in [0.29, 0.717) is 0 Å². The van der Waals surface area contributed by atoms with Gasteiger partial charge in [0.25, 0.3) is 0 Å². The maximum absolute atomic E-state index is 5.14. The number of H-pyrrole nitrogens is 1. The molecule has 1 N–H and O–H groups in total. The molecule has 2 heteroatoms. The summed E-state index contributed by atoms with van der Waals surface area (Å²) in [4.78, 5) is 3.04. The number of hydrogen-bond acceptors (Lipinski definition) is 0. The number of nitrogens with one attached hydrogen (secondary N) is 1. The van der Waals surface area contributed by atoms with Crippen molar-refractivity contribution in [2.75, 3.05) is 0 Å². The topological polar surface area (TPSA) is 19.7 Å². The van der Waals surface area contributed by atoms with Crippen molar-refractivity contribution in [2.24, 2.45) is 0 Å². The Labute approximate surface area is 67.3 Å². The summed E-state index contributed by atoms with van der Waals surface area (Å²) in [7, 11) is 0. The van der Waals surface area contributed by atoms with Gasteiger partial charge in [-0.25, -0.2) is 9.55 Å². The van der Waals surface area contributed by atoms with Crippen LogP contribution in [0.5, 0.6) is 0 Å². The van der Waals surface area contributed by atoms with Gasteiger partial charge in [0.15, 0.2) is 0 Å². The van der Waals surface area contributed by atoms with Gasteiger partial charge in [0.1, 0.15) is 11.9 Å². The Morgan fingerprint density at radius 1 is 1.73 bits per heavy atom. The average Bonchev–Trinajstić information content (AvgIpc) is 2.37. The first-order valence-electron chi connectivity index (χ1n) is 3.81. The van der Waals surface area contributed by atoms with Crippen LogP contribution < -0.4 is 4.57 Å². The molecule has 1 aromatic heterocycles. The van der Waals surface area contributed by atoms with Crippen LogP contribution in [0.25, 0.3) is 0 Å². The Bertz CT molecular complexity index is 255. The van der Waals surface area contributed by atoms with Gasteiger partial charge in [-0.05, 0) is 6.42 Å². The number of unbranched alkanes of at least 4 members (excludes halogenated alkanes) is 1. The van der Waals surface area contributed by atoms with Crippen molar-refractivity contribution >= 4 is 0 Å². The van der Waals surface area contributed by atoms with Crippen LogP contribution in [0.15, 0.2) is 12.5 Å². The van der Waals surface area contributed by atoms with E-state index in [2.05, 4.69) is 22.4 Å². The zero-order chi connectivity index (χ0) is 8.10. The standard InChI is InChI=1S/C9H12N2/c1-3-4-5-6-11-8-10-7-9(11)2/h1,7-8H,4-6H2,2H3/p+1. The van der Waals surface area contributed by atoms with Gasteiger partial charge >= 0.3 is 0 Å². The summed E-state index contributed by atoms with van der Waals surface area (Å²) in [6.07, 6.45) is 11.0. The zero-order valence-corrected chi connectivity index (χ0v) is 6.80. The van der Waals surface area contributed by atoms with Gasteiger partial charge in [-0.1, -0.05) is 0 Å². The van der Waals surface area contributed by atoms with Crippen molar-refractivity contribution in [3.63, 3.8) is 0 Å². The van der Waals surface area contributed by atoms with Gasteiger partial charge in [0, 0.05) is 13.3 Å². The number of nitrogens with zero attached hydrogens (tertiary/aromatic N) is 1. The first-order valence-corrected chi connectivity index (χ1v) is 3.81. The minimum atomic E-state index is 0.859. The molecular formula is C9H13N2+. The highest BCUT2D eigenvalue weighted by atomic mass is 15.0. The fraction of sp³-hybridized carbons (Fsp3) is 0.444. The third-order valence-corrected chi connectivity index (χ3v) is 1.70. The quantitative estimate of drug-likeness (QED) is 0.376. The fourth-order valence-electron chi connectivity index (χ4n) is 1.02. The van der Waals surface area contributed by atoms with E-state index in [1.807, 2.05) is 12.5 Å². The van der Waals surface area contributed by atoms with Gasteiger partial charge in [-0.15, -0.1) is 12.3 Å². The van der Waals surface area contributed by atoms with E-state index in [4.69, 9.17) is 6.42 Å². The summed E-state index contributed by atoms with van der Waals surface area (Å²) in [5.41, 5.74) is 1.25. The van der Waals surface area contributed by atoms with Crippen molar-refractivity contribution in [2.45, 2.75) is 26.3 Å². The Kier molecular flexibility index (Phi) is 2.74. The molecule has 0 aliphatic carbocycles. The molecule has 58 valence electrons. The fourth-order valence-corrected chi connectivity index (χ4v) is 1.02. The van der Waals surface area contributed by atoms with Crippen LogP contribution in [0.4, 0.5) is 0 Å². The SMILES string of the molecule is C#CCCC[n+]1c[nH]cc1C. The van der Waals surface area contributed by atoms with Crippen molar-refractivity contribution in [1.82, 2.24) is 4.98 Å². The molecule has 0 aromatic carbocycles. The molecule has 0 radical (unpaired) electrons. The molecule has 0 bridgehead atoms. The van der Waals surface area contributed by atoms with Crippen LogP contribution in [0.2, 0.25) is 0 Å². The number of imidazole rings is 1. The van der Waals surface area contributed by atoms with Crippen molar-refractivity contribution in [1.29, 1.82) is 0 Å². The van der Waals surface area contributed by atoms with E-state index in [1.165, 1.54) is 5.69 Å². The molecule has 0 spiro atoms. The first kappa shape index (κ1) is 7.87. The molecule has 1 rings (SSSR count). The number of aryl methyl sites for hydroxylation is 2. The normalized spacial score (nSPS) is 9.45. The van der Waals surface area contributed by atoms with Crippen molar-refractivity contribution < 1.29 is 4.57 Å². The second kappa shape index (κ2) is 3.82. The van der Waals surface area contributed by atoms with Gasteiger partial charge in [-0.2, -0.15) is 0 Å². The largest absolute Gasteiger partial charge is 0.250 e. The van der Waals surface area contributed by atoms with Crippen LogP contribution >= 0.6 is 0 Å². The summed E-state index contributed by atoms with van der Waals surface area (Å²) in [6, 6.07) is 0. The molecule has 0 fully saturated rings. The third-order valence-electron chi connectivity index (χ3n) is 1.70. The molecule has 1 aromatic rings. The summed E-state index contributed by atoms with van der Waals surface area (Å²) < 4.78 is 2.16. The number of aromatic nitrogens is 2. The molecule has 0 saturated heterocycles. The second-order valence-corrected chi connectivity index (χ2v) is 2.58. The maximum Gasteiger partial charge on any atom is 0.241 e. The van der Waals surface area contributed by atoms with E-state index in [1.54, 1.807) is 0 Å². The van der Waals surface area contributed by atoms with Crippen molar-refractivity contribution in [3.05, 3.63) is 18.2 Å². The number of terminal acetylenes is 1. The number of rotatable bonds is 3. The molecule has 0 amide bonds. The molecule has 0 aliphatic rings. The maximum atomic E-state index is 5.14. The van der Waals surface area contributed by atoms with Crippen LogP contribution in [0.3, 0.4) is 0 Å². The average molecular weight is 149 g/mol. The molecule has 0 saturated carbocycles. The Morgan fingerprint density at radius 2 is 2.55 bits per heavy atom. The highest BCUT2D eigenvalue weighted by Gasteiger charge is 2.01. The predicted molar refractivity (Wildman–Crippen MR) is 43.8 cm³/mol. The van der Waals surface area contributed by atoms with Crippen LogP contribution in [-0.4, -0.2) is 4.98 Å². The van der Waals surface area contributed by atoms with E-state index in [9.17, 15) is 0 Å². The first-order chi connectivity index (χ1) is 5.34. The molecule has 0 aliphatic heterocycles. The summed E-state index contributed by atoms with van der Waals surface area (Å²) in [5, 5.41) is 0. The van der Waals surface area contributed by atoms with Crippen molar-refractivity contribution in [3.8, 4) is 12.3 Å². The molecule has 2 nitrogen and oxygen atoms in total. The summed E-state index contributed by atoms with van der Waals surface area (Å²) in [5.74, 6) is 2.63. The highest BCUT2D eigenvalue weighted by molar-refractivity contribution is 4.83. The minimum Gasteiger partial charge on any atom is -0.250 e. The lowest BCUT2D eigenvalue weighted by Gasteiger charge is -1.93. The lowest BCUT2D eigenvalue weighted by molar-refractivity contribution is -0.701. The number of hydrogen-bond donors (Lipinski definition) is 1. The third kappa shape index (κ3) is 2.12. The summed E-state index contributed by atoms with van der Waals surface area (Å²) >= 11 is 0. The highest BCUT2D eigenvalue weighted by Crippen LogP contribution is 1.89. The molecule has 1 heterocycles. The molecule has 0 atom stereocenters. The zero-order valence-electron chi connectivity index (χ0n) is 6.80. The van der Waals surface area contributed by atoms with E-state index in [-0.39, 0.29) is 0 Å². The smallest absolute Gasteiger partial charge is 0.241 e. The lowest BCUT2D eigenvalue weighted by Crippen LogP contribution is -2.33. The second-order valence-electron chi connectivity index (χ2n) is 2.58. The Balaban J connectivity index is 2.40. The van der Waals surface area contributed by atoms with Crippen LogP contribution in [0.1, 0.15) is 18.5 Å².